The lowest BCUT2D eigenvalue weighted by atomic mass is 10.1. The maximum absolute atomic E-state index is 5.99. The summed E-state index contributed by atoms with van der Waals surface area (Å²) in [6, 6.07) is 28.3. The molecule has 3 aromatic rings. The van der Waals surface area contributed by atoms with E-state index >= 15 is 0 Å². The molecule has 0 radical (unpaired) electrons. The van der Waals surface area contributed by atoms with Crippen molar-refractivity contribution in [2.75, 3.05) is 18.1 Å². The molecular weight excluding hydrogens is 318 g/mol. The molecule has 0 aliphatic carbocycles. The number of fused-ring (bicyclic) bond motifs is 1. The van der Waals surface area contributed by atoms with E-state index in [1.165, 1.54) is 22.4 Å². The third kappa shape index (κ3) is 3.75. The van der Waals surface area contributed by atoms with Crippen LogP contribution in [0.25, 0.3) is 0 Å². The first-order chi connectivity index (χ1) is 12.8. The second-order valence-corrected chi connectivity index (χ2v) is 7.03. The Bertz CT molecular complexity index is 842. The molecule has 0 N–H and O–H groups in total. The van der Waals surface area contributed by atoms with Gasteiger partial charge in [-0.15, -0.1) is 0 Å². The SMILES string of the molecule is CC1Cc2ccccc2N1CCOc1ccc(Cc2ccccc2)cc1. The highest BCUT2D eigenvalue weighted by Gasteiger charge is 2.24. The fourth-order valence-electron chi connectivity index (χ4n) is 3.77. The van der Waals surface area contributed by atoms with Crippen LogP contribution in [0, 0.1) is 0 Å². The van der Waals surface area contributed by atoms with Crippen LogP contribution in [0.1, 0.15) is 23.6 Å². The van der Waals surface area contributed by atoms with Gasteiger partial charge in [0.15, 0.2) is 0 Å². The normalized spacial score (nSPS) is 15.7. The fraction of sp³-hybridized carbons (Fsp3) is 0.250. The highest BCUT2D eigenvalue weighted by atomic mass is 16.5. The molecule has 1 aliphatic heterocycles. The Hall–Kier alpha value is -2.74. The van der Waals surface area contributed by atoms with Crippen molar-refractivity contribution >= 4 is 5.69 Å². The minimum Gasteiger partial charge on any atom is -0.492 e. The summed E-state index contributed by atoms with van der Waals surface area (Å²) in [5.74, 6) is 0.946. The van der Waals surface area contributed by atoms with Crippen LogP contribution in [0.2, 0.25) is 0 Å². The minimum absolute atomic E-state index is 0.546. The molecular formula is C24H25NO. The number of hydrogen-bond acceptors (Lipinski definition) is 2. The van der Waals surface area contributed by atoms with E-state index in [9.17, 15) is 0 Å². The van der Waals surface area contributed by atoms with Gasteiger partial charge in [0.2, 0.25) is 0 Å². The number of nitrogens with zero attached hydrogens (tertiary/aromatic N) is 1. The summed E-state index contributed by atoms with van der Waals surface area (Å²) in [7, 11) is 0. The van der Waals surface area contributed by atoms with Crippen molar-refractivity contribution in [2.45, 2.75) is 25.8 Å². The maximum Gasteiger partial charge on any atom is 0.119 e. The second kappa shape index (κ2) is 7.65. The predicted molar refractivity (Wildman–Crippen MR) is 108 cm³/mol. The van der Waals surface area contributed by atoms with Gasteiger partial charge in [-0.25, -0.2) is 0 Å². The van der Waals surface area contributed by atoms with Crippen LogP contribution in [-0.2, 0) is 12.8 Å². The van der Waals surface area contributed by atoms with Gasteiger partial charge >= 0.3 is 0 Å². The highest BCUT2D eigenvalue weighted by Crippen LogP contribution is 2.31. The summed E-state index contributed by atoms with van der Waals surface area (Å²) in [5.41, 5.74) is 5.46. The lowest BCUT2D eigenvalue weighted by Crippen LogP contribution is -2.33. The molecule has 26 heavy (non-hydrogen) atoms. The Morgan fingerprint density at radius 1 is 0.846 bits per heavy atom. The Kier molecular flexibility index (Phi) is 4.92. The smallest absolute Gasteiger partial charge is 0.119 e. The number of hydrogen-bond donors (Lipinski definition) is 0. The van der Waals surface area contributed by atoms with Crippen molar-refractivity contribution < 1.29 is 4.74 Å². The molecule has 2 nitrogen and oxygen atoms in total. The zero-order chi connectivity index (χ0) is 17.8. The molecule has 0 fully saturated rings. The molecule has 1 heterocycles. The van der Waals surface area contributed by atoms with E-state index in [2.05, 4.69) is 90.7 Å². The Labute approximate surface area is 156 Å². The molecule has 0 bridgehead atoms. The molecule has 1 atom stereocenters. The number of anilines is 1. The first-order valence-electron chi connectivity index (χ1n) is 9.40. The van der Waals surface area contributed by atoms with Gasteiger partial charge in [0.25, 0.3) is 0 Å². The van der Waals surface area contributed by atoms with Crippen molar-refractivity contribution in [1.29, 1.82) is 0 Å². The van der Waals surface area contributed by atoms with E-state index < -0.39 is 0 Å². The molecule has 132 valence electrons. The van der Waals surface area contributed by atoms with Crippen LogP contribution < -0.4 is 9.64 Å². The van der Waals surface area contributed by atoms with Crippen LogP contribution in [-0.4, -0.2) is 19.2 Å². The van der Waals surface area contributed by atoms with E-state index in [1.54, 1.807) is 0 Å². The van der Waals surface area contributed by atoms with E-state index in [4.69, 9.17) is 4.74 Å². The average molecular weight is 343 g/mol. The van der Waals surface area contributed by atoms with Gasteiger partial charge in [0.05, 0.1) is 6.54 Å². The van der Waals surface area contributed by atoms with E-state index in [0.29, 0.717) is 12.6 Å². The van der Waals surface area contributed by atoms with E-state index in [0.717, 1.165) is 25.1 Å². The molecule has 0 aromatic heterocycles. The van der Waals surface area contributed by atoms with Crippen LogP contribution in [0.3, 0.4) is 0 Å². The molecule has 0 saturated carbocycles. The first kappa shape index (κ1) is 16.7. The summed E-state index contributed by atoms with van der Waals surface area (Å²) < 4.78 is 5.99. The van der Waals surface area contributed by atoms with Gasteiger partial charge in [-0.2, -0.15) is 0 Å². The van der Waals surface area contributed by atoms with Crippen LogP contribution in [0.15, 0.2) is 78.9 Å². The lowest BCUT2D eigenvalue weighted by Gasteiger charge is -2.24. The summed E-state index contributed by atoms with van der Waals surface area (Å²) in [5, 5.41) is 0. The molecule has 0 amide bonds. The lowest BCUT2D eigenvalue weighted by molar-refractivity contribution is 0.321. The molecule has 4 rings (SSSR count). The highest BCUT2D eigenvalue weighted by molar-refractivity contribution is 5.59. The summed E-state index contributed by atoms with van der Waals surface area (Å²) >= 11 is 0. The fourth-order valence-corrected chi connectivity index (χ4v) is 3.77. The van der Waals surface area contributed by atoms with Crippen molar-refractivity contribution in [2.24, 2.45) is 0 Å². The monoisotopic (exact) mass is 343 g/mol. The molecule has 1 unspecified atom stereocenters. The van der Waals surface area contributed by atoms with Gasteiger partial charge in [0.1, 0.15) is 12.4 Å². The summed E-state index contributed by atoms with van der Waals surface area (Å²) in [6.45, 7) is 3.92. The molecule has 1 aliphatic rings. The van der Waals surface area contributed by atoms with Gasteiger partial charge < -0.3 is 9.64 Å². The Balaban J connectivity index is 1.31. The summed E-state index contributed by atoms with van der Waals surface area (Å²) in [4.78, 5) is 2.46. The van der Waals surface area contributed by atoms with Crippen molar-refractivity contribution in [3.05, 3.63) is 95.6 Å². The van der Waals surface area contributed by atoms with Gasteiger partial charge in [-0.05, 0) is 54.7 Å². The summed E-state index contributed by atoms with van der Waals surface area (Å²) in [6.07, 6.45) is 2.09. The van der Waals surface area contributed by atoms with Crippen LogP contribution >= 0.6 is 0 Å². The standard InChI is InChI=1S/C24H25NO/c1-19-17-22-9-5-6-10-24(22)25(19)15-16-26-23-13-11-21(12-14-23)18-20-7-3-2-4-8-20/h2-14,19H,15-18H2,1H3. The second-order valence-electron chi connectivity index (χ2n) is 7.03. The molecule has 2 heteroatoms. The van der Waals surface area contributed by atoms with E-state index in [1.807, 2.05) is 0 Å². The Morgan fingerprint density at radius 2 is 1.54 bits per heavy atom. The minimum atomic E-state index is 0.546. The van der Waals surface area contributed by atoms with Crippen molar-refractivity contribution in [1.82, 2.24) is 0 Å². The van der Waals surface area contributed by atoms with Crippen LogP contribution in [0.4, 0.5) is 5.69 Å². The number of benzene rings is 3. The van der Waals surface area contributed by atoms with Crippen molar-refractivity contribution in [3.8, 4) is 5.75 Å². The maximum atomic E-state index is 5.99. The third-order valence-corrected chi connectivity index (χ3v) is 5.12. The van der Waals surface area contributed by atoms with Gasteiger partial charge in [-0.1, -0.05) is 60.7 Å². The largest absolute Gasteiger partial charge is 0.492 e. The third-order valence-electron chi connectivity index (χ3n) is 5.12. The van der Waals surface area contributed by atoms with Crippen molar-refractivity contribution in [3.63, 3.8) is 0 Å². The first-order valence-corrected chi connectivity index (χ1v) is 9.40. The average Bonchev–Trinajstić information content (AvgIpc) is 2.99. The number of para-hydroxylation sites is 1. The van der Waals surface area contributed by atoms with Gasteiger partial charge in [-0.3, -0.25) is 0 Å². The quantitative estimate of drug-likeness (QED) is 0.617. The zero-order valence-electron chi connectivity index (χ0n) is 15.3. The number of rotatable bonds is 6. The topological polar surface area (TPSA) is 12.5 Å². The number of ether oxygens (including phenoxy) is 1. The zero-order valence-corrected chi connectivity index (χ0v) is 15.3. The predicted octanol–water partition coefficient (Wildman–Crippen LogP) is 5.11. The Morgan fingerprint density at radius 3 is 2.35 bits per heavy atom. The van der Waals surface area contributed by atoms with Crippen LogP contribution in [0.5, 0.6) is 5.75 Å². The van der Waals surface area contributed by atoms with Gasteiger partial charge in [0, 0.05) is 11.7 Å². The molecule has 0 spiro atoms. The van der Waals surface area contributed by atoms with E-state index in [-0.39, 0.29) is 0 Å². The molecule has 3 aromatic carbocycles. The molecule has 0 saturated heterocycles.